The van der Waals surface area contributed by atoms with Gasteiger partial charge in [0.1, 0.15) is 6.61 Å². The monoisotopic (exact) mass is 187 g/mol. The molecule has 0 atom stereocenters. The number of rotatable bonds is 7. The highest BCUT2D eigenvalue weighted by atomic mass is 16.5. The SMILES string of the molecule is C=CCN(C)C(=O)COCCOC. The summed E-state index contributed by atoms with van der Waals surface area (Å²) >= 11 is 0. The molecule has 0 aromatic carbocycles. The molecule has 1 amide bonds. The van der Waals surface area contributed by atoms with Crippen molar-refractivity contribution in [2.75, 3.05) is 40.5 Å². The van der Waals surface area contributed by atoms with Crippen LogP contribution in [0.1, 0.15) is 0 Å². The first-order chi connectivity index (χ1) is 6.22. The van der Waals surface area contributed by atoms with E-state index in [1.165, 1.54) is 0 Å². The van der Waals surface area contributed by atoms with E-state index < -0.39 is 0 Å². The van der Waals surface area contributed by atoms with E-state index in [9.17, 15) is 4.79 Å². The molecule has 0 aromatic rings. The number of carbonyl (C=O) groups excluding carboxylic acids is 1. The van der Waals surface area contributed by atoms with Gasteiger partial charge >= 0.3 is 0 Å². The Balaban J connectivity index is 3.44. The summed E-state index contributed by atoms with van der Waals surface area (Å²) in [5.41, 5.74) is 0. The topological polar surface area (TPSA) is 38.8 Å². The van der Waals surface area contributed by atoms with Crippen LogP contribution in [0.5, 0.6) is 0 Å². The van der Waals surface area contributed by atoms with Crippen LogP contribution >= 0.6 is 0 Å². The first-order valence-corrected chi connectivity index (χ1v) is 4.14. The van der Waals surface area contributed by atoms with Gasteiger partial charge in [0.15, 0.2) is 0 Å². The lowest BCUT2D eigenvalue weighted by atomic mass is 10.5. The third kappa shape index (κ3) is 6.31. The van der Waals surface area contributed by atoms with Crippen LogP contribution in [-0.2, 0) is 14.3 Å². The molecule has 76 valence electrons. The first-order valence-electron chi connectivity index (χ1n) is 4.14. The van der Waals surface area contributed by atoms with Crippen molar-refractivity contribution >= 4 is 5.91 Å². The van der Waals surface area contributed by atoms with Gasteiger partial charge in [0.2, 0.25) is 5.91 Å². The first kappa shape index (κ1) is 12.1. The molecule has 0 rings (SSSR count). The quantitative estimate of drug-likeness (QED) is 0.425. The zero-order valence-electron chi connectivity index (χ0n) is 8.28. The average molecular weight is 187 g/mol. The molecule has 0 aliphatic rings. The largest absolute Gasteiger partial charge is 0.382 e. The maximum absolute atomic E-state index is 11.2. The van der Waals surface area contributed by atoms with E-state index in [-0.39, 0.29) is 12.5 Å². The van der Waals surface area contributed by atoms with Crippen LogP contribution in [0.15, 0.2) is 12.7 Å². The number of amides is 1. The normalized spacial score (nSPS) is 9.69. The lowest BCUT2D eigenvalue weighted by Crippen LogP contribution is -2.30. The van der Waals surface area contributed by atoms with Gasteiger partial charge in [-0.2, -0.15) is 0 Å². The molecule has 4 nitrogen and oxygen atoms in total. The van der Waals surface area contributed by atoms with Crippen molar-refractivity contribution in [2.24, 2.45) is 0 Å². The number of ether oxygens (including phenoxy) is 2. The zero-order chi connectivity index (χ0) is 10.1. The highest BCUT2D eigenvalue weighted by molar-refractivity contribution is 5.77. The summed E-state index contributed by atoms with van der Waals surface area (Å²) in [4.78, 5) is 12.8. The van der Waals surface area contributed by atoms with Crippen molar-refractivity contribution in [2.45, 2.75) is 0 Å². The molecule has 0 bridgehead atoms. The summed E-state index contributed by atoms with van der Waals surface area (Å²) in [5.74, 6) is -0.0454. The molecule has 0 saturated carbocycles. The van der Waals surface area contributed by atoms with Crippen molar-refractivity contribution in [3.8, 4) is 0 Å². The Kier molecular flexibility index (Phi) is 7.24. The standard InChI is InChI=1S/C9H17NO3/c1-4-5-10(2)9(11)8-13-7-6-12-3/h4H,1,5-8H2,2-3H3. The molecule has 0 aliphatic carbocycles. The molecule has 0 saturated heterocycles. The minimum absolute atomic E-state index is 0.0454. The van der Waals surface area contributed by atoms with E-state index in [2.05, 4.69) is 6.58 Å². The van der Waals surface area contributed by atoms with Gasteiger partial charge in [0, 0.05) is 20.7 Å². The maximum Gasteiger partial charge on any atom is 0.248 e. The smallest absolute Gasteiger partial charge is 0.248 e. The predicted molar refractivity (Wildman–Crippen MR) is 50.5 cm³/mol. The van der Waals surface area contributed by atoms with Crippen molar-refractivity contribution in [1.82, 2.24) is 4.90 Å². The minimum Gasteiger partial charge on any atom is -0.382 e. The molecule has 0 radical (unpaired) electrons. The van der Waals surface area contributed by atoms with E-state index in [0.717, 1.165) is 0 Å². The summed E-state index contributed by atoms with van der Waals surface area (Å²) in [6.07, 6.45) is 1.67. The van der Waals surface area contributed by atoms with Crippen LogP contribution in [0.2, 0.25) is 0 Å². The molecule has 0 N–H and O–H groups in total. The molecular weight excluding hydrogens is 170 g/mol. The van der Waals surface area contributed by atoms with Crippen LogP contribution in [0.4, 0.5) is 0 Å². The number of methoxy groups -OCH3 is 1. The summed E-state index contributed by atoms with van der Waals surface area (Å²) in [7, 11) is 3.30. The Morgan fingerprint density at radius 1 is 1.54 bits per heavy atom. The van der Waals surface area contributed by atoms with Gasteiger partial charge in [-0.1, -0.05) is 6.08 Å². The highest BCUT2D eigenvalue weighted by Gasteiger charge is 2.05. The van der Waals surface area contributed by atoms with Gasteiger partial charge in [-0.05, 0) is 0 Å². The molecular formula is C9H17NO3. The van der Waals surface area contributed by atoms with Crippen molar-refractivity contribution in [3.05, 3.63) is 12.7 Å². The molecule has 0 heterocycles. The van der Waals surface area contributed by atoms with Crippen LogP contribution in [0.3, 0.4) is 0 Å². The third-order valence-electron chi connectivity index (χ3n) is 1.49. The molecule has 0 unspecified atom stereocenters. The van der Waals surface area contributed by atoms with Gasteiger partial charge < -0.3 is 14.4 Å². The fourth-order valence-corrected chi connectivity index (χ4v) is 0.707. The van der Waals surface area contributed by atoms with Gasteiger partial charge in [-0.15, -0.1) is 6.58 Å². The van der Waals surface area contributed by atoms with Crippen LogP contribution in [0.25, 0.3) is 0 Å². The van der Waals surface area contributed by atoms with Crippen molar-refractivity contribution < 1.29 is 14.3 Å². The Labute approximate surface area is 79.1 Å². The van der Waals surface area contributed by atoms with Crippen molar-refractivity contribution in [3.63, 3.8) is 0 Å². The predicted octanol–water partition coefficient (Wildman–Crippen LogP) is 0.294. The van der Waals surface area contributed by atoms with E-state index in [1.54, 1.807) is 25.1 Å². The summed E-state index contributed by atoms with van der Waals surface area (Å²) in [6, 6.07) is 0. The molecule has 0 spiro atoms. The molecule has 0 fully saturated rings. The number of nitrogens with zero attached hydrogens (tertiary/aromatic N) is 1. The number of carbonyl (C=O) groups is 1. The van der Waals surface area contributed by atoms with E-state index in [0.29, 0.717) is 19.8 Å². The maximum atomic E-state index is 11.2. The fourth-order valence-electron chi connectivity index (χ4n) is 0.707. The molecule has 0 aromatic heterocycles. The second kappa shape index (κ2) is 7.76. The average Bonchev–Trinajstić information content (AvgIpc) is 2.12. The van der Waals surface area contributed by atoms with E-state index in [4.69, 9.17) is 9.47 Å². The fraction of sp³-hybridized carbons (Fsp3) is 0.667. The van der Waals surface area contributed by atoms with E-state index in [1.807, 2.05) is 0 Å². The Bertz CT molecular complexity index is 159. The number of likely N-dealkylation sites (N-methyl/N-ethyl adjacent to an activating group) is 1. The second-order valence-corrected chi connectivity index (χ2v) is 2.61. The minimum atomic E-state index is -0.0454. The number of hydrogen-bond donors (Lipinski definition) is 0. The van der Waals surface area contributed by atoms with Gasteiger partial charge in [-0.3, -0.25) is 4.79 Å². The zero-order valence-corrected chi connectivity index (χ0v) is 8.28. The van der Waals surface area contributed by atoms with Gasteiger partial charge in [-0.25, -0.2) is 0 Å². The summed E-state index contributed by atoms with van der Waals surface area (Å²) in [5, 5.41) is 0. The lowest BCUT2D eigenvalue weighted by molar-refractivity contribution is -0.134. The lowest BCUT2D eigenvalue weighted by Gasteiger charge is -2.14. The highest BCUT2D eigenvalue weighted by Crippen LogP contribution is 1.86. The van der Waals surface area contributed by atoms with Crippen molar-refractivity contribution in [1.29, 1.82) is 0 Å². The molecule has 0 aliphatic heterocycles. The van der Waals surface area contributed by atoms with Crippen LogP contribution < -0.4 is 0 Å². The molecule has 13 heavy (non-hydrogen) atoms. The Morgan fingerprint density at radius 3 is 2.77 bits per heavy atom. The van der Waals surface area contributed by atoms with E-state index >= 15 is 0 Å². The third-order valence-corrected chi connectivity index (χ3v) is 1.49. The summed E-state index contributed by atoms with van der Waals surface area (Å²) < 4.78 is 9.82. The Morgan fingerprint density at radius 2 is 2.23 bits per heavy atom. The number of hydrogen-bond acceptors (Lipinski definition) is 3. The van der Waals surface area contributed by atoms with Crippen LogP contribution in [0, 0.1) is 0 Å². The molecule has 4 heteroatoms. The van der Waals surface area contributed by atoms with Gasteiger partial charge in [0.25, 0.3) is 0 Å². The second-order valence-electron chi connectivity index (χ2n) is 2.61. The Hall–Kier alpha value is -0.870. The van der Waals surface area contributed by atoms with Crippen LogP contribution in [-0.4, -0.2) is 51.3 Å². The van der Waals surface area contributed by atoms with Gasteiger partial charge in [0.05, 0.1) is 13.2 Å². The summed E-state index contributed by atoms with van der Waals surface area (Å²) in [6.45, 7) is 5.15.